The number of nitrogens with one attached hydrogen (secondary N) is 1. The number of benzene rings is 1. The van der Waals surface area contributed by atoms with Gasteiger partial charge in [-0.3, -0.25) is 18.7 Å². The van der Waals surface area contributed by atoms with Gasteiger partial charge in [0, 0.05) is 18.6 Å². The highest BCUT2D eigenvalue weighted by molar-refractivity contribution is 9.10. The third kappa shape index (κ3) is 3.81. The Morgan fingerprint density at radius 1 is 1.25 bits per heavy atom. The van der Waals surface area contributed by atoms with Crippen LogP contribution in [0, 0.1) is 6.92 Å². The second-order valence-electron chi connectivity index (χ2n) is 6.17. The molecule has 0 spiro atoms. The fourth-order valence-electron chi connectivity index (χ4n) is 2.74. The van der Waals surface area contributed by atoms with E-state index in [4.69, 9.17) is 16.3 Å². The number of carbonyl (C=O) groups excluding carboxylic acids is 1. The van der Waals surface area contributed by atoms with Crippen molar-refractivity contribution in [3.8, 4) is 5.75 Å². The van der Waals surface area contributed by atoms with Gasteiger partial charge in [0.25, 0.3) is 11.5 Å². The van der Waals surface area contributed by atoms with Crippen LogP contribution in [-0.4, -0.2) is 26.6 Å². The van der Waals surface area contributed by atoms with Crippen LogP contribution >= 0.6 is 27.5 Å². The first-order valence-corrected chi connectivity index (χ1v) is 9.30. The zero-order valence-corrected chi connectivity index (χ0v) is 17.6. The molecule has 0 saturated carbocycles. The number of aryl methyl sites for hydroxylation is 2. The molecule has 0 bridgehead atoms. The number of pyridine rings is 1. The molecule has 1 amide bonds. The maximum absolute atomic E-state index is 12.3. The van der Waals surface area contributed by atoms with Crippen molar-refractivity contribution < 1.29 is 9.53 Å². The molecule has 28 heavy (non-hydrogen) atoms. The normalized spacial score (nSPS) is 10.9. The van der Waals surface area contributed by atoms with Gasteiger partial charge in [-0.05, 0) is 30.7 Å². The van der Waals surface area contributed by atoms with Crippen molar-refractivity contribution in [2.45, 2.75) is 6.92 Å². The Kier molecular flexibility index (Phi) is 5.57. The van der Waals surface area contributed by atoms with Gasteiger partial charge in [0.2, 0.25) is 0 Å². The van der Waals surface area contributed by atoms with Crippen molar-refractivity contribution in [1.82, 2.24) is 14.1 Å². The third-order valence-electron chi connectivity index (χ3n) is 4.12. The summed E-state index contributed by atoms with van der Waals surface area (Å²) in [7, 11) is 2.90. The molecule has 1 aromatic carbocycles. The second kappa shape index (κ2) is 7.76. The molecule has 0 aliphatic carbocycles. The summed E-state index contributed by atoms with van der Waals surface area (Å²) < 4.78 is 8.59. The predicted octanol–water partition coefficient (Wildman–Crippen LogP) is 2.37. The quantitative estimate of drug-likeness (QED) is 0.636. The van der Waals surface area contributed by atoms with E-state index in [1.165, 1.54) is 30.9 Å². The Morgan fingerprint density at radius 2 is 1.96 bits per heavy atom. The number of anilines is 1. The second-order valence-corrected chi connectivity index (χ2v) is 7.49. The largest absolute Gasteiger partial charge is 0.482 e. The van der Waals surface area contributed by atoms with E-state index in [1.54, 1.807) is 6.07 Å². The molecule has 10 heteroatoms. The SMILES string of the molecule is Cc1cc(Br)cc(Cl)c1OCC(=O)Nc1cnc2c(c1)c(=O)n(C)c(=O)n2C. The fourth-order valence-corrected chi connectivity index (χ4v) is 3.77. The van der Waals surface area contributed by atoms with Crippen LogP contribution in [-0.2, 0) is 18.9 Å². The summed E-state index contributed by atoms with van der Waals surface area (Å²) in [4.78, 5) is 40.6. The minimum absolute atomic E-state index is 0.218. The molecule has 0 saturated heterocycles. The number of amides is 1. The first kappa shape index (κ1) is 20.1. The average Bonchev–Trinajstić information content (AvgIpc) is 2.63. The predicted molar refractivity (Wildman–Crippen MR) is 110 cm³/mol. The lowest BCUT2D eigenvalue weighted by Crippen LogP contribution is -2.37. The van der Waals surface area contributed by atoms with Gasteiger partial charge in [0.05, 0.1) is 22.3 Å². The highest BCUT2D eigenvalue weighted by Gasteiger charge is 2.13. The molecule has 0 unspecified atom stereocenters. The van der Waals surface area contributed by atoms with E-state index in [1.807, 2.05) is 13.0 Å². The minimum atomic E-state index is -0.491. The van der Waals surface area contributed by atoms with Crippen LogP contribution in [0.25, 0.3) is 11.0 Å². The molecule has 0 fully saturated rings. The van der Waals surface area contributed by atoms with Crippen LogP contribution < -0.4 is 21.3 Å². The number of halogens is 2. The van der Waals surface area contributed by atoms with Crippen molar-refractivity contribution in [2.75, 3.05) is 11.9 Å². The first-order chi connectivity index (χ1) is 13.2. The molecular weight excluding hydrogens is 452 g/mol. The van der Waals surface area contributed by atoms with Gasteiger partial charge in [-0.15, -0.1) is 0 Å². The third-order valence-corrected chi connectivity index (χ3v) is 4.86. The number of fused-ring (bicyclic) bond motifs is 1. The molecule has 8 nitrogen and oxygen atoms in total. The van der Waals surface area contributed by atoms with Gasteiger partial charge in [0.1, 0.15) is 11.4 Å². The molecule has 1 N–H and O–H groups in total. The van der Waals surface area contributed by atoms with Crippen LogP contribution in [0.15, 0.2) is 38.5 Å². The number of carbonyl (C=O) groups is 1. The maximum atomic E-state index is 12.3. The van der Waals surface area contributed by atoms with Gasteiger partial charge in [-0.1, -0.05) is 27.5 Å². The summed E-state index contributed by atoms with van der Waals surface area (Å²) in [5.41, 5.74) is 0.367. The smallest absolute Gasteiger partial charge is 0.332 e. The summed E-state index contributed by atoms with van der Waals surface area (Å²) in [6, 6.07) is 4.97. The fraction of sp³-hybridized carbons (Fsp3) is 0.222. The molecule has 0 aliphatic heterocycles. The number of hydrogen-bond acceptors (Lipinski definition) is 5. The van der Waals surface area contributed by atoms with E-state index in [-0.39, 0.29) is 17.6 Å². The van der Waals surface area contributed by atoms with E-state index in [9.17, 15) is 14.4 Å². The van der Waals surface area contributed by atoms with Crippen LogP contribution in [0.1, 0.15) is 5.56 Å². The molecular formula is C18H16BrClN4O4. The zero-order chi connectivity index (χ0) is 20.6. The Balaban J connectivity index is 1.81. The van der Waals surface area contributed by atoms with Crippen LogP contribution in [0.3, 0.4) is 0 Å². The van der Waals surface area contributed by atoms with E-state index < -0.39 is 17.2 Å². The topological polar surface area (TPSA) is 95.2 Å². The molecule has 3 rings (SSSR count). The lowest BCUT2D eigenvalue weighted by molar-refractivity contribution is -0.118. The van der Waals surface area contributed by atoms with Crippen LogP contribution in [0.4, 0.5) is 5.69 Å². The first-order valence-electron chi connectivity index (χ1n) is 8.13. The van der Waals surface area contributed by atoms with Crippen LogP contribution in [0.2, 0.25) is 5.02 Å². The standard InChI is InChI=1S/C18H16BrClN4O4/c1-9-4-10(19)5-13(20)15(9)28-8-14(25)22-11-6-12-16(21-7-11)23(2)18(27)24(3)17(12)26/h4-7H,8H2,1-3H3,(H,22,25). The highest BCUT2D eigenvalue weighted by atomic mass is 79.9. The van der Waals surface area contributed by atoms with Gasteiger partial charge in [-0.2, -0.15) is 0 Å². The summed E-state index contributed by atoms with van der Waals surface area (Å²) in [5, 5.41) is 3.22. The average molecular weight is 468 g/mol. The molecule has 0 radical (unpaired) electrons. The monoisotopic (exact) mass is 466 g/mol. The summed E-state index contributed by atoms with van der Waals surface area (Å²) in [6.07, 6.45) is 1.37. The summed E-state index contributed by atoms with van der Waals surface area (Å²) in [6.45, 7) is 1.54. The zero-order valence-electron chi connectivity index (χ0n) is 15.2. The Hall–Kier alpha value is -2.65. The van der Waals surface area contributed by atoms with E-state index in [2.05, 4.69) is 26.2 Å². The lowest BCUT2D eigenvalue weighted by Gasteiger charge is -2.12. The molecule has 146 valence electrons. The molecule has 0 aliphatic rings. The van der Waals surface area contributed by atoms with Crippen molar-refractivity contribution in [2.24, 2.45) is 14.1 Å². The highest BCUT2D eigenvalue weighted by Crippen LogP contribution is 2.31. The number of nitrogens with zero attached hydrogens (tertiary/aromatic N) is 3. The van der Waals surface area contributed by atoms with E-state index in [0.29, 0.717) is 16.5 Å². The lowest BCUT2D eigenvalue weighted by atomic mass is 10.2. The van der Waals surface area contributed by atoms with Crippen molar-refractivity contribution in [3.05, 3.63) is 60.3 Å². The number of hydrogen-bond donors (Lipinski definition) is 1. The summed E-state index contributed by atoms with van der Waals surface area (Å²) in [5.74, 6) is -0.0262. The van der Waals surface area contributed by atoms with Crippen LogP contribution in [0.5, 0.6) is 5.75 Å². The van der Waals surface area contributed by atoms with E-state index in [0.717, 1.165) is 14.6 Å². The van der Waals surface area contributed by atoms with Gasteiger partial charge in [-0.25, -0.2) is 9.78 Å². The number of aromatic nitrogens is 3. The molecule has 2 aromatic heterocycles. The van der Waals surface area contributed by atoms with Gasteiger partial charge in [0.15, 0.2) is 6.61 Å². The number of rotatable bonds is 4. The molecule has 3 aromatic rings. The van der Waals surface area contributed by atoms with Gasteiger partial charge < -0.3 is 10.1 Å². The van der Waals surface area contributed by atoms with Gasteiger partial charge >= 0.3 is 5.69 Å². The van der Waals surface area contributed by atoms with Crippen molar-refractivity contribution >= 4 is 50.2 Å². The Labute approximate surface area is 172 Å². The number of ether oxygens (including phenoxy) is 1. The van der Waals surface area contributed by atoms with Crippen molar-refractivity contribution in [1.29, 1.82) is 0 Å². The molecule has 2 heterocycles. The Morgan fingerprint density at radius 3 is 2.64 bits per heavy atom. The Bertz CT molecular complexity index is 1200. The summed E-state index contributed by atoms with van der Waals surface area (Å²) >= 11 is 9.48. The maximum Gasteiger partial charge on any atom is 0.332 e. The minimum Gasteiger partial charge on any atom is -0.482 e. The molecule has 0 atom stereocenters. The van der Waals surface area contributed by atoms with E-state index >= 15 is 0 Å². The van der Waals surface area contributed by atoms with Crippen molar-refractivity contribution in [3.63, 3.8) is 0 Å².